The molecule has 0 atom stereocenters. The standard InChI is InChI=1S/C28H34N4O2/c1-2-27(33)31(22-10-4-3-5-11-22)24-16-18-29(19-17-24)20-21-30-25-14-8-9-15-26(25)32(28(30)34)23-12-6-7-13-23/h3-5,8-12,14-15,24H,2,6-7,13,16-21H2,1H3. The number of nitrogens with zero attached hydrogens (tertiary/aromatic N) is 4. The van der Waals surface area contributed by atoms with Crippen LogP contribution in [0.25, 0.3) is 16.7 Å². The maximum absolute atomic E-state index is 13.4. The third kappa shape index (κ3) is 4.34. The fraction of sp³-hybridized carbons (Fsp3) is 0.429. The molecule has 0 spiro atoms. The van der Waals surface area contributed by atoms with Crippen LogP contribution in [0.15, 0.2) is 65.5 Å². The van der Waals surface area contributed by atoms with Gasteiger partial charge < -0.3 is 9.80 Å². The van der Waals surface area contributed by atoms with Gasteiger partial charge in [0.05, 0.1) is 11.0 Å². The van der Waals surface area contributed by atoms with Crippen molar-refractivity contribution in [3.63, 3.8) is 0 Å². The van der Waals surface area contributed by atoms with Gasteiger partial charge in [0, 0.05) is 50.0 Å². The van der Waals surface area contributed by atoms with Gasteiger partial charge in [-0.3, -0.25) is 13.9 Å². The number of carbonyl (C=O) groups excluding carboxylic acids is 1. The topological polar surface area (TPSA) is 50.5 Å². The first-order chi connectivity index (χ1) is 16.7. The molecule has 5 rings (SSSR count). The van der Waals surface area contributed by atoms with Crippen molar-refractivity contribution < 1.29 is 4.79 Å². The molecule has 1 aromatic heterocycles. The van der Waals surface area contributed by atoms with Crippen molar-refractivity contribution in [3.05, 3.63) is 71.2 Å². The number of piperidine rings is 1. The number of fused-ring (bicyclic) bond motifs is 1. The molecule has 0 saturated carbocycles. The molecule has 1 aliphatic carbocycles. The van der Waals surface area contributed by atoms with Gasteiger partial charge >= 0.3 is 5.69 Å². The molecule has 0 unspecified atom stereocenters. The highest BCUT2D eigenvalue weighted by molar-refractivity contribution is 5.93. The van der Waals surface area contributed by atoms with Crippen LogP contribution in [0.3, 0.4) is 0 Å². The van der Waals surface area contributed by atoms with Crippen LogP contribution in [-0.2, 0) is 11.3 Å². The minimum absolute atomic E-state index is 0.0769. The lowest BCUT2D eigenvalue weighted by molar-refractivity contribution is -0.119. The summed E-state index contributed by atoms with van der Waals surface area (Å²) in [6.45, 7) is 5.32. The van der Waals surface area contributed by atoms with Gasteiger partial charge in [0.25, 0.3) is 0 Å². The number of benzene rings is 2. The summed E-state index contributed by atoms with van der Waals surface area (Å²) in [5.74, 6) is 0.185. The molecule has 1 saturated heterocycles. The van der Waals surface area contributed by atoms with Crippen LogP contribution in [0.1, 0.15) is 45.4 Å². The first kappa shape index (κ1) is 22.7. The van der Waals surface area contributed by atoms with Gasteiger partial charge in [-0.25, -0.2) is 4.79 Å². The van der Waals surface area contributed by atoms with Crippen LogP contribution in [0.2, 0.25) is 0 Å². The number of likely N-dealkylation sites (tertiary alicyclic amines) is 1. The van der Waals surface area contributed by atoms with E-state index in [9.17, 15) is 9.59 Å². The second-order valence-electron chi connectivity index (χ2n) is 9.37. The number of carbonyl (C=O) groups is 1. The Morgan fingerprint density at radius 3 is 2.35 bits per heavy atom. The average molecular weight is 459 g/mol. The van der Waals surface area contributed by atoms with E-state index in [1.54, 1.807) is 0 Å². The Labute approximate surface area is 201 Å². The Kier molecular flexibility index (Phi) is 6.68. The Balaban J connectivity index is 1.28. The van der Waals surface area contributed by atoms with Gasteiger partial charge in [-0.05, 0) is 56.4 Å². The van der Waals surface area contributed by atoms with Gasteiger partial charge in [-0.2, -0.15) is 0 Å². The summed E-state index contributed by atoms with van der Waals surface area (Å²) in [6.07, 6.45) is 7.76. The highest BCUT2D eigenvalue weighted by Crippen LogP contribution is 2.26. The molecule has 178 valence electrons. The number of imidazole rings is 1. The van der Waals surface area contributed by atoms with Gasteiger partial charge in [-0.1, -0.05) is 43.3 Å². The molecular formula is C28H34N4O2. The molecule has 1 fully saturated rings. The monoisotopic (exact) mass is 458 g/mol. The molecule has 0 bridgehead atoms. The lowest BCUT2D eigenvalue weighted by Gasteiger charge is -2.38. The Morgan fingerprint density at radius 2 is 1.68 bits per heavy atom. The van der Waals surface area contributed by atoms with Crippen LogP contribution >= 0.6 is 0 Å². The predicted molar refractivity (Wildman–Crippen MR) is 138 cm³/mol. The van der Waals surface area contributed by atoms with Crippen molar-refractivity contribution in [2.75, 3.05) is 24.5 Å². The molecule has 2 aliphatic rings. The fourth-order valence-corrected chi connectivity index (χ4v) is 5.52. The van der Waals surface area contributed by atoms with Crippen LogP contribution in [0.4, 0.5) is 5.69 Å². The van der Waals surface area contributed by atoms with E-state index in [1.807, 2.05) is 63.4 Å². The molecule has 1 amide bonds. The Morgan fingerprint density at radius 1 is 0.971 bits per heavy atom. The molecule has 1 aliphatic heterocycles. The van der Waals surface area contributed by atoms with Crippen LogP contribution in [0.5, 0.6) is 0 Å². The lowest BCUT2D eigenvalue weighted by Crippen LogP contribution is -2.48. The fourth-order valence-electron chi connectivity index (χ4n) is 5.52. The van der Waals surface area contributed by atoms with Crippen molar-refractivity contribution in [2.24, 2.45) is 0 Å². The number of aromatic nitrogens is 2. The zero-order valence-corrected chi connectivity index (χ0v) is 20.0. The maximum atomic E-state index is 13.4. The Hall–Kier alpha value is -3.12. The van der Waals surface area contributed by atoms with Gasteiger partial charge in [0.15, 0.2) is 0 Å². The third-order valence-electron chi connectivity index (χ3n) is 7.31. The van der Waals surface area contributed by atoms with E-state index < -0.39 is 0 Å². The zero-order chi connectivity index (χ0) is 23.5. The van der Waals surface area contributed by atoms with Crippen LogP contribution in [0, 0.1) is 0 Å². The zero-order valence-electron chi connectivity index (χ0n) is 20.0. The number of rotatable bonds is 7. The van der Waals surface area contributed by atoms with E-state index in [2.05, 4.69) is 23.1 Å². The minimum Gasteiger partial charge on any atom is -0.309 e. The van der Waals surface area contributed by atoms with Gasteiger partial charge in [0.1, 0.15) is 0 Å². The summed E-state index contributed by atoms with van der Waals surface area (Å²) in [7, 11) is 0. The first-order valence-electron chi connectivity index (χ1n) is 12.7. The summed E-state index contributed by atoms with van der Waals surface area (Å²) in [4.78, 5) is 30.6. The Bertz CT molecular complexity index is 1230. The van der Waals surface area contributed by atoms with E-state index >= 15 is 0 Å². The molecule has 6 heteroatoms. The summed E-state index contributed by atoms with van der Waals surface area (Å²) in [5, 5.41) is 0. The van der Waals surface area contributed by atoms with E-state index in [-0.39, 0.29) is 17.6 Å². The van der Waals surface area contributed by atoms with Crippen LogP contribution in [-0.4, -0.2) is 45.6 Å². The molecule has 6 nitrogen and oxygen atoms in total. The number of para-hydroxylation sites is 3. The third-order valence-corrected chi connectivity index (χ3v) is 7.31. The van der Waals surface area contributed by atoms with E-state index in [0.717, 1.165) is 74.2 Å². The minimum atomic E-state index is 0.0769. The van der Waals surface area contributed by atoms with Crippen molar-refractivity contribution in [1.82, 2.24) is 14.0 Å². The van der Waals surface area contributed by atoms with Gasteiger partial charge in [0.2, 0.25) is 5.91 Å². The highest BCUT2D eigenvalue weighted by atomic mass is 16.2. The number of hydrogen-bond donors (Lipinski definition) is 0. The van der Waals surface area contributed by atoms with Crippen molar-refractivity contribution in [1.29, 1.82) is 0 Å². The predicted octanol–water partition coefficient (Wildman–Crippen LogP) is 4.74. The molecule has 34 heavy (non-hydrogen) atoms. The normalized spacial score (nSPS) is 17.3. The molecule has 0 radical (unpaired) electrons. The maximum Gasteiger partial charge on any atom is 0.333 e. The molecule has 3 aromatic rings. The second-order valence-corrected chi connectivity index (χ2v) is 9.37. The average Bonchev–Trinajstić information content (AvgIpc) is 3.50. The van der Waals surface area contributed by atoms with Gasteiger partial charge in [-0.15, -0.1) is 0 Å². The summed E-state index contributed by atoms with van der Waals surface area (Å²) in [6, 6.07) is 18.4. The molecule has 0 N–H and O–H groups in total. The van der Waals surface area contributed by atoms with Crippen LogP contribution < -0.4 is 10.6 Å². The molecular weight excluding hydrogens is 424 g/mol. The quantitative estimate of drug-likeness (QED) is 0.514. The van der Waals surface area contributed by atoms with E-state index in [0.29, 0.717) is 13.0 Å². The largest absolute Gasteiger partial charge is 0.333 e. The summed E-state index contributed by atoms with van der Waals surface area (Å²) < 4.78 is 3.86. The first-order valence-corrected chi connectivity index (χ1v) is 12.7. The second kappa shape index (κ2) is 10.0. The number of anilines is 1. The lowest BCUT2D eigenvalue weighted by atomic mass is 10.0. The van der Waals surface area contributed by atoms with Crippen molar-refractivity contribution >= 4 is 28.3 Å². The highest BCUT2D eigenvalue weighted by Gasteiger charge is 2.28. The number of amides is 1. The molecule has 2 heterocycles. The number of hydrogen-bond acceptors (Lipinski definition) is 3. The summed E-state index contributed by atoms with van der Waals surface area (Å²) >= 11 is 0. The molecule has 2 aromatic carbocycles. The SMILES string of the molecule is CCC(=O)N(c1ccccc1)C1CCN(CCn2c(=O)n(C3=CCCC3)c3ccccc32)CC1. The van der Waals surface area contributed by atoms with E-state index in [1.165, 1.54) is 0 Å². The van der Waals surface area contributed by atoms with Crippen molar-refractivity contribution in [3.8, 4) is 0 Å². The summed E-state index contributed by atoms with van der Waals surface area (Å²) in [5.41, 5.74) is 4.23. The number of allylic oxidation sites excluding steroid dienone is 2. The van der Waals surface area contributed by atoms with Crippen molar-refractivity contribution in [2.45, 2.75) is 58.0 Å². The van der Waals surface area contributed by atoms with E-state index in [4.69, 9.17) is 0 Å². The smallest absolute Gasteiger partial charge is 0.309 e.